The first kappa shape index (κ1) is 6.27. The van der Waals surface area contributed by atoms with Crippen molar-refractivity contribution in [1.82, 2.24) is 0 Å². The average molecular weight is 117 g/mol. The Hall–Kier alpha value is -0.850. The minimum atomic E-state index is 0.845. The maximum Gasteiger partial charge on any atom is 0.138 e. The van der Waals surface area contributed by atoms with E-state index in [0.29, 0.717) is 0 Å². The number of anilines is 1. The number of nitrogens with two attached hydrogens (primary N) is 1. The summed E-state index contributed by atoms with van der Waals surface area (Å²) in [6, 6.07) is 5.93. The van der Waals surface area contributed by atoms with Crippen LogP contribution in [0.4, 0.5) is 5.69 Å². The van der Waals surface area contributed by atoms with E-state index in [1.165, 1.54) is 10.9 Å². The molecule has 0 amide bonds. The van der Waals surface area contributed by atoms with Gasteiger partial charge < -0.3 is 5.73 Å². The van der Waals surface area contributed by atoms with E-state index in [-0.39, 0.29) is 0 Å². The molecule has 0 atom stereocenters. The Bertz CT molecular complexity index is 222. The molecule has 0 radical (unpaired) electrons. The van der Waals surface area contributed by atoms with Crippen molar-refractivity contribution in [3.8, 4) is 0 Å². The molecule has 1 nitrogen and oxygen atoms in total. The molecule has 9 heavy (non-hydrogen) atoms. The molecule has 0 saturated heterocycles. The quantitative estimate of drug-likeness (QED) is 0.302. The largest absolute Gasteiger partial charge is 0.399 e. The first-order chi connectivity index (χ1) is 4.20. The summed E-state index contributed by atoms with van der Waals surface area (Å²) in [5.74, 6) is 0. The van der Waals surface area contributed by atoms with Crippen molar-refractivity contribution in [3.63, 3.8) is 0 Å². The van der Waals surface area contributed by atoms with Crippen LogP contribution in [0.2, 0.25) is 0 Å². The van der Waals surface area contributed by atoms with Gasteiger partial charge in [-0.1, -0.05) is 17.0 Å². The van der Waals surface area contributed by atoms with Crippen LogP contribution in [0.15, 0.2) is 18.2 Å². The molecule has 2 N–H and O–H groups in total. The van der Waals surface area contributed by atoms with Crippen LogP contribution in [-0.2, 0) is 0 Å². The highest BCUT2D eigenvalue weighted by molar-refractivity contribution is 6.48. The van der Waals surface area contributed by atoms with E-state index >= 15 is 0 Å². The van der Waals surface area contributed by atoms with Gasteiger partial charge in [-0.25, -0.2) is 0 Å². The zero-order chi connectivity index (χ0) is 6.85. The minimum absolute atomic E-state index is 0.845. The standard InChI is InChI=1S/C6H9B2N/c7-5-2-1-4(9)3-6(5)8/h1-3H,7-9H2. The second-order valence-electron chi connectivity index (χ2n) is 2.34. The lowest BCUT2D eigenvalue weighted by molar-refractivity contribution is 1.77. The Morgan fingerprint density at radius 1 is 1.11 bits per heavy atom. The third kappa shape index (κ3) is 1.28. The van der Waals surface area contributed by atoms with Crippen LogP contribution >= 0.6 is 0 Å². The van der Waals surface area contributed by atoms with Crippen molar-refractivity contribution in [2.75, 3.05) is 5.73 Å². The first-order valence-corrected chi connectivity index (χ1v) is 3.03. The van der Waals surface area contributed by atoms with Gasteiger partial charge in [0.15, 0.2) is 0 Å². The maximum absolute atomic E-state index is 5.53. The minimum Gasteiger partial charge on any atom is -0.399 e. The molecule has 0 heterocycles. The SMILES string of the molecule is Bc1ccc(N)cc1B. The van der Waals surface area contributed by atoms with E-state index in [1.54, 1.807) is 0 Å². The molecule has 0 fully saturated rings. The highest BCUT2D eigenvalue weighted by Crippen LogP contribution is 1.91. The van der Waals surface area contributed by atoms with Crippen molar-refractivity contribution in [1.29, 1.82) is 0 Å². The molecule has 1 aromatic carbocycles. The molecule has 0 spiro atoms. The maximum atomic E-state index is 5.53. The Morgan fingerprint density at radius 2 is 1.78 bits per heavy atom. The van der Waals surface area contributed by atoms with Crippen LogP contribution in [0.3, 0.4) is 0 Å². The van der Waals surface area contributed by atoms with Gasteiger partial charge in [0.05, 0.1) is 0 Å². The summed E-state index contributed by atoms with van der Waals surface area (Å²) in [7, 11) is 4.14. The fraction of sp³-hybridized carbons (Fsp3) is 0. The summed E-state index contributed by atoms with van der Waals surface area (Å²) in [4.78, 5) is 0. The summed E-state index contributed by atoms with van der Waals surface area (Å²) in [6.45, 7) is 0. The van der Waals surface area contributed by atoms with Gasteiger partial charge in [0.1, 0.15) is 15.7 Å². The summed E-state index contributed by atoms with van der Waals surface area (Å²) >= 11 is 0. The number of hydrogen-bond donors (Lipinski definition) is 1. The highest BCUT2D eigenvalue weighted by Gasteiger charge is 1.89. The van der Waals surface area contributed by atoms with Crippen LogP contribution in [-0.4, -0.2) is 15.7 Å². The normalized spacial score (nSPS) is 9.33. The third-order valence-corrected chi connectivity index (χ3v) is 1.53. The second kappa shape index (κ2) is 2.18. The third-order valence-electron chi connectivity index (χ3n) is 1.53. The molecule has 0 saturated carbocycles. The van der Waals surface area contributed by atoms with Crippen LogP contribution in [0, 0.1) is 0 Å². The van der Waals surface area contributed by atoms with Crippen molar-refractivity contribution in [2.24, 2.45) is 0 Å². The monoisotopic (exact) mass is 117 g/mol. The zero-order valence-electron chi connectivity index (χ0n) is 5.81. The molecule has 0 unspecified atom stereocenters. The Balaban J connectivity index is 3.17. The van der Waals surface area contributed by atoms with Gasteiger partial charge in [0.2, 0.25) is 0 Å². The molecule has 0 bridgehead atoms. The molecule has 0 aromatic heterocycles. The van der Waals surface area contributed by atoms with Crippen LogP contribution in [0.1, 0.15) is 0 Å². The second-order valence-corrected chi connectivity index (χ2v) is 2.34. The number of hydrogen-bond acceptors (Lipinski definition) is 1. The van der Waals surface area contributed by atoms with Gasteiger partial charge in [0, 0.05) is 5.69 Å². The fourth-order valence-electron chi connectivity index (χ4n) is 0.765. The van der Waals surface area contributed by atoms with E-state index in [9.17, 15) is 0 Å². The van der Waals surface area contributed by atoms with Crippen LogP contribution < -0.4 is 16.7 Å². The van der Waals surface area contributed by atoms with Gasteiger partial charge in [-0.05, 0) is 12.1 Å². The molecule has 44 valence electrons. The Morgan fingerprint density at radius 3 is 2.22 bits per heavy atom. The van der Waals surface area contributed by atoms with Crippen molar-refractivity contribution >= 4 is 32.3 Å². The average Bonchev–Trinajstić information content (AvgIpc) is 1.80. The fourth-order valence-corrected chi connectivity index (χ4v) is 0.765. The Labute approximate surface area is 57.1 Å². The molecule has 0 aliphatic rings. The first-order valence-electron chi connectivity index (χ1n) is 3.03. The van der Waals surface area contributed by atoms with Crippen LogP contribution in [0.25, 0.3) is 0 Å². The molecule has 0 aliphatic carbocycles. The number of rotatable bonds is 0. The van der Waals surface area contributed by atoms with Crippen molar-refractivity contribution in [3.05, 3.63) is 18.2 Å². The lowest BCUT2D eigenvalue weighted by atomic mass is 9.81. The number of benzene rings is 1. The summed E-state index contributed by atoms with van der Waals surface area (Å²) < 4.78 is 0. The Kier molecular flexibility index (Phi) is 1.52. The van der Waals surface area contributed by atoms with Gasteiger partial charge in [0.25, 0.3) is 0 Å². The molecule has 1 rings (SSSR count). The lowest BCUT2D eigenvalue weighted by Gasteiger charge is -1.98. The molecule has 1 aromatic rings. The zero-order valence-corrected chi connectivity index (χ0v) is 5.81. The van der Waals surface area contributed by atoms with Gasteiger partial charge in [-0.15, -0.1) is 0 Å². The lowest BCUT2D eigenvalue weighted by Crippen LogP contribution is -2.25. The number of nitrogen functional groups attached to an aromatic ring is 1. The van der Waals surface area contributed by atoms with Crippen molar-refractivity contribution < 1.29 is 0 Å². The van der Waals surface area contributed by atoms with Gasteiger partial charge in [-0.2, -0.15) is 0 Å². The molecule has 0 aliphatic heterocycles. The van der Waals surface area contributed by atoms with Gasteiger partial charge >= 0.3 is 0 Å². The predicted molar refractivity (Wildman–Crippen MR) is 47.2 cm³/mol. The highest BCUT2D eigenvalue weighted by atomic mass is 14.5. The predicted octanol–water partition coefficient (Wildman–Crippen LogP) is -2.21. The summed E-state index contributed by atoms with van der Waals surface area (Å²) in [5, 5.41) is 0. The van der Waals surface area contributed by atoms with Gasteiger partial charge in [-0.3, -0.25) is 0 Å². The van der Waals surface area contributed by atoms with Crippen molar-refractivity contribution in [2.45, 2.75) is 0 Å². The smallest absolute Gasteiger partial charge is 0.138 e. The summed E-state index contributed by atoms with van der Waals surface area (Å²) in [5.41, 5.74) is 8.93. The molecular weight excluding hydrogens is 108 g/mol. The van der Waals surface area contributed by atoms with E-state index in [0.717, 1.165) is 5.69 Å². The van der Waals surface area contributed by atoms with E-state index < -0.39 is 0 Å². The summed E-state index contributed by atoms with van der Waals surface area (Å²) in [6.07, 6.45) is 0. The molecule has 3 heteroatoms. The molecular formula is C6H9B2N. The van der Waals surface area contributed by atoms with Crippen LogP contribution in [0.5, 0.6) is 0 Å². The van der Waals surface area contributed by atoms with E-state index in [2.05, 4.69) is 15.7 Å². The van der Waals surface area contributed by atoms with E-state index in [1.807, 2.05) is 18.2 Å². The topological polar surface area (TPSA) is 26.0 Å². The van der Waals surface area contributed by atoms with E-state index in [4.69, 9.17) is 5.73 Å².